The van der Waals surface area contributed by atoms with Crippen molar-refractivity contribution in [1.29, 1.82) is 0 Å². The average Bonchev–Trinajstić information content (AvgIpc) is 3.56. The first-order valence-electron chi connectivity index (χ1n) is 14.7. The molecule has 2 fully saturated rings. The van der Waals surface area contributed by atoms with E-state index in [-0.39, 0.29) is 24.8 Å². The zero-order valence-corrected chi connectivity index (χ0v) is 29.4. The van der Waals surface area contributed by atoms with Crippen LogP contribution < -0.4 is 24.8 Å². The van der Waals surface area contributed by atoms with Crippen molar-refractivity contribution in [2.45, 2.75) is 114 Å². The zero-order chi connectivity index (χ0) is 25.9. The van der Waals surface area contributed by atoms with E-state index >= 15 is 0 Å². The molecule has 0 radical (unpaired) electrons. The van der Waals surface area contributed by atoms with Crippen LogP contribution in [-0.2, 0) is 23.2 Å². The summed E-state index contributed by atoms with van der Waals surface area (Å²) in [6.07, 6.45) is 28.8. The molecule has 4 atom stereocenters. The Balaban J connectivity index is 0.00000241. The van der Waals surface area contributed by atoms with Gasteiger partial charge in [0.05, 0.1) is 0 Å². The second kappa shape index (κ2) is 11.4. The minimum Gasteiger partial charge on any atom is -1.00 e. The standard InChI is InChI=1S/2C17H27.2ClH.Zr/c2*1-13(2)16(3,4)15-10-11-17(5,12-15)14-8-6-7-9-14;;;/h2*6-9,13,15H,10-12H2,1-5H3;2*1H;/q;;;;+2/p-2. The molecule has 37 heavy (non-hydrogen) atoms. The zero-order valence-electron chi connectivity index (χ0n) is 25.4. The van der Waals surface area contributed by atoms with Gasteiger partial charge in [-0.2, -0.15) is 0 Å². The quantitative estimate of drug-likeness (QED) is 0.370. The summed E-state index contributed by atoms with van der Waals surface area (Å²) in [6, 6.07) is 0. The molecule has 4 unspecified atom stereocenters. The van der Waals surface area contributed by atoms with Crippen LogP contribution in [0.1, 0.15) is 108 Å². The van der Waals surface area contributed by atoms with Crippen LogP contribution in [0.3, 0.4) is 0 Å². The molecule has 0 spiro atoms. The van der Waals surface area contributed by atoms with Gasteiger partial charge in [-0.3, -0.25) is 0 Å². The predicted octanol–water partition coefficient (Wildman–Crippen LogP) is 4.62. The van der Waals surface area contributed by atoms with Crippen molar-refractivity contribution in [3.8, 4) is 0 Å². The van der Waals surface area contributed by atoms with E-state index in [0.29, 0.717) is 27.9 Å². The fourth-order valence-electron chi connectivity index (χ4n) is 8.00. The Hall–Kier alpha value is 0.423. The van der Waals surface area contributed by atoms with Crippen molar-refractivity contribution in [2.24, 2.45) is 45.3 Å². The monoisotopic (exact) mass is 622 g/mol. The summed E-state index contributed by atoms with van der Waals surface area (Å²) < 4.78 is 0.651. The number of halogens is 2. The summed E-state index contributed by atoms with van der Waals surface area (Å²) in [5.74, 6) is 3.17. The predicted molar refractivity (Wildman–Crippen MR) is 150 cm³/mol. The second-order valence-corrected chi connectivity index (χ2v) is 19.9. The van der Waals surface area contributed by atoms with Crippen LogP contribution in [0.2, 0.25) is 6.25 Å². The van der Waals surface area contributed by atoms with Crippen molar-refractivity contribution in [3.05, 3.63) is 48.6 Å². The Morgan fingerprint density at radius 3 is 1.19 bits per heavy atom. The smallest absolute Gasteiger partial charge is 1.00 e. The first-order valence-corrected chi connectivity index (χ1v) is 17.1. The van der Waals surface area contributed by atoms with Gasteiger partial charge in [0, 0.05) is 0 Å². The molecule has 4 aliphatic carbocycles. The number of hydrogen-bond acceptors (Lipinski definition) is 0. The normalized spacial score (nSPS) is 33.7. The van der Waals surface area contributed by atoms with Gasteiger partial charge >= 0.3 is 231 Å². The van der Waals surface area contributed by atoms with Crippen molar-refractivity contribution < 1.29 is 48.0 Å². The molecule has 0 aromatic carbocycles. The second-order valence-electron chi connectivity index (χ2n) is 15.3. The Labute approximate surface area is 254 Å². The van der Waals surface area contributed by atoms with Crippen LogP contribution in [0.25, 0.3) is 0 Å². The summed E-state index contributed by atoms with van der Waals surface area (Å²) in [7, 11) is 0. The molecule has 0 aromatic rings. The van der Waals surface area contributed by atoms with Crippen LogP contribution in [0.15, 0.2) is 48.6 Å². The Bertz CT molecular complexity index is 822. The molecule has 0 aromatic heterocycles. The SMILES string of the molecule is CC(C)C(C)(C)C1CCC(C)([C]2([Zr+2][C]3(C4(C)CCC(C(C)(C)C(C)C)C4)C=CC=C3)C=CC=C2)C1.[Cl-].[Cl-]. The van der Waals surface area contributed by atoms with Gasteiger partial charge in [0.2, 0.25) is 0 Å². The summed E-state index contributed by atoms with van der Waals surface area (Å²) in [4.78, 5) is 0. The van der Waals surface area contributed by atoms with Crippen LogP contribution >= 0.6 is 0 Å². The Morgan fingerprint density at radius 2 is 0.919 bits per heavy atom. The van der Waals surface area contributed by atoms with E-state index in [9.17, 15) is 0 Å². The van der Waals surface area contributed by atoms with E-state index in [0.717, 1.165) is 23.7 Å². The van der Waals surface area contributed by atoms with Gasteiger partial charge in [-0.25, -0.2) is 0 Å². The topological polar surface area (TPSA) is 0 Å². The third-order valence-corrected chi connectivity index (χ3v) is 19.3. The maximum Gasteiger partial charge on any atom is -1.00 e. The van der Waals surface area contributed by atoms with E-state index < -0.39 is 23.2 Å². The fourth-order valence-corrected chi connectivity index (χ4v) is 14.0. The molecule has 4 aliphatic rings. The third-order valence-electron chi connectivity index (χ3n) is 12.6. The van der Waals surface area contributed by atoms with Gasteiger partial charge in [0.15, 0.2) is 0 Å². The minimum atomic E-state index is -0.938. The van der Waals surface area contributed by atoms with Crippen molar-refractivity contribution in [1.82, 2.24) is 0 Å². The fraction of sp³-hybridized carbons (Fsp3) is 0.765. The summed E-state index contributed by atoms with van der Waals surface area (Å²) >= 11 is -0.938. The van der Waals surface area contributed by atoms with Gasteiger partial charge in [0.1, 0.15) is 0 Å². The van der Waals surface area contributed by atoms with Crippen LogP contribution in [0.4, 0.5) is 0 Å². The van der Waals surface area contributed by atoms with E-state index in [1.807, 2.05) is 0 Å². The molecule has 208 valence electrons. The number of rotatable bonds is 8. The van der Waals surface area contributed by atoms with E-state index in [4.69, 9.17) is 0 Å². The van der Waals surface area contributed by atoms with Gasteiger partial charge in [-0.15, -0.1) is 0 Å². The van der Waals surface area contributed by atoms with E-state index in [1.165, 1.54) is 38.5 Å². The van der Waals surface area contributed by atoms with Crippen molar-refractivity contribution in [3.63, 3.8) is 0 Å². The molecular formula is C34H54Cl2Zr. The van der Waals surface area contributed by atoms with Gasteiger partial charge in [-0.1, -0.05) is 0 Å². The molecule has 0 bridgehead atoms. The van der Waals surface area contributed by atoms with Gasteiger partial charge in [0.25, 0.3) is 0 Å². The molecule has 0 heterocycles. The summed E-state index contributed by atoms with van der Waals surface area (Å²) in [5, 5.41) is 0. The molecular weight excluding hydrogens is 571 g/mol. The van der Waals surface area contributed by atoms with E-state index in [2.05, 4.69) is 118 Å². The molecule has 0 nitrogen and oxygen atoms in total. The average molecular weight is 625 g/mol. The van der Waals surface area contributed by atoms with Crippen molar-refractivity contribution in [2.75, 3.05) is 0 Å². The van der Waals surface area contributed by atoms with Crippen LogP contribution in [0.5, 0.6) is 0 Å². The number of allylic oxidation sites excluding steroid dienone is 8. The summed E-state index contributed by atoms with van der Waals surface area (Å²) in [5.41, 5.74) is 1.66. The molecule has 0 N–H and O–H groups in total. The summed E-state index contributed by atoms with van der Waals surface area (Å²) in [6.45, 7) is 25.3. The van der Waals surface area contributed by atoms with Crippen LogP contribution in [0, 0.1) is 45.3 Å². The molecule has 0 saturated heterocycles. The maximum atomic E-state index is 2.69. The molecule has 2 saturated carbocycles. The van der Waals surface area contributed by atoms with Gasteiger partial charge < -0.3 is 24.8 Å². The molecule has 4 rings (SSSR count). The largest absolute Gasteiger partial charge is 1.00 e. The minimum absolute atomic E-state index is 0. The molecule has 0 amide bonds. The maximum absolute atomic E-state index is 2.69. The Morgan fingerprint density at radius 1 is 0.622 bits per heavy atom. The first kappa shape index (κ1) is 33.6. The molecule has 0 aliphatic heterocycles. The first-order chi connectivity index (χ1) is 16.1. The Kier molecular flexibility index (Phi) is 10.3. The molecule has 3 heteroatoms. The number of hydrogen-bond donors (Lipinski definition) is 0. The van der Waals surface area contributed by atoms with Gasteiger partial charge in [-0.05, 0) is 0 Å². The third kappa shape index (κ3) is 5.52. The van der Waals surface area contributed by atoms with E-state index in [1.54, 1.807) is 0 Å². The van der Waals surface area contributed by atoms with Crippen LogP contribution in [-0.4, -0.2) is 0 Å². The van der Waals surface area contributed by atoms with Crippen molar-refractivity contribution >= 4 is 0 Å².